The lowest BCUT2D eigenvalue weighted by Crippen LogP contribution is -2.12. The van der Waals surface area contributed by atoms with Crippen LogP contribution in [0.2, 0.25) is 0 Å². The Hall–Kier alpha value is -0.620. The van der Waals surface area contributed by atoms with Gasteiger partial charge >= 0.3 is 0 Å². The third kappa shape index (κ3) is 3.31. The first-order valence-electron chi connectivity index (χ1n) is 3.36. The maximum absolute atomic E-state index is 10.8. The summed E-state index contributed by atoms with van der Waals surface area (Å²) in [6.45, 7) is 0.309. The third-order valence-corrected chi connectivity index (χ3v) is 2.37. The fourth-order valence-corrected chi connectivity index (χ4v) is 1.43. The highest BCUT2D eigenvalue weighted by Gasteiger charge is 2.06. The highest BCUT2D eigenvalue weighted by Crippen LogP contribution is 2.08. The molecule has 0 saturated carbocycles. The molecule has 0 atom stereocenters. The quantitative estimate of drug-likeness (QED) is 0.750. The minimum absolute atomic E-state index is 0. The van der Waals surface area contributed by atoms with Crippen LogP contribution in [0.3, 0.4) is 0 Å². The van der Waals surface area contributed by atoms with E-state index in [4.69, 9.17) is 10.9 Å². The van der Waals surface area contributed by atoms with Gasteiger partial charge in [-0.15, -0.1) is 12.4 Å². The van der Waals surface area contributed by atoms with Gasteiger partial charge in [-0.05, 0) is 17.7 Å². The minimum atomic E-state index is -3.59. The molecule has 1 rings (SSSR count). The SMILES string of the molecule is Cl.NCc1cccc(S(N)(=O)=O)c1. The van der Waals surface area contributed by atoms with Crippen molar-refractivity contribution in [2.75, 3.05) is 0 Å². The van der Waals surface area contributed by atoms with Gasteiger partial charge in [0.15, 0.2) is 0 Å². The largest absolute Gasteiger partial charge is 0.326 e. The average molecular weight is 223 g/mol. The number of nitrogens with two attached hydrogens (primary N) is 2. The van der Waals surface area contributed by atoms with E-state index in [9.17, 15) is 8.42 Å². The summed E-state index contributed by atoms with van der Waals surface area (Å²) in [5, 5.41) is 4.91. The summed E-state index contributed by atoms with van der Waals surface area (Å²) in [5.74, 6) is 0. The van der Waals surface area contributed by atoms with E-state index in [2.05, 4.69) is 0 Å². The highest BCUT2D eigenvalue weighted by atomic mass is 35.5. The Bertz CT molecular complexity index is 378. The molecule has 4 N–H and O–H groups in total. The van der Waals surface area contributed by atoms with Crippen LogP contribution in [0.5, 0.6) is 0 Å². The van der Waals surface area contributed by atoms with E-state index in [1.165, 1.54) is 12.1 Å². The molecular weight excluding hydrogens is 212 g/mol. The second-order valence-corrected chi connectivity index (χ2v) is 3.96. The Kier molecular flexibility index (Phi) is 4.35. The van der Waals surface area contributed by atoms with Crippen molar-refractivity contribution in [3.63, 3.8) is 0 Å². The van der Waals surface area contributed by atoms with Crippen molar-refractivity contribution in [2.45, 2.75) is 11.4 Å². The van der Waals surface area contributed by atoms with Crippen LogP contribution in [0.4, 0.5) is 0 Å². The maximum atomic E-state index is 10.8. The maximum Gasteiger partial charge on any atom is 0.238 e. The van der Waals surface area contributed by atoms with Crippen molar-refractivity contribution < 1.29 is 8.42 Å². The number of sulfonamides is 1. The van der Waals surface area contributed by atoms with E-state index in [0.29, 0.717) is 6.54 Å². The Labute approximate surface area is 83.4 Å². The monoisotopic (exact) mass is 222 g/mol. The molecule has 1 aromatic carbocycles. The molecule has 0 amide bonds. The van der Waals surface area contributed by atoms with E-state index < -0.39 is 10.0 Å². The van der Waals surface area contributed by atoms with Crippen molar-refractivity contribution in [1.82, 2.24) is 0 Å². The zero-order chi connectivity index (χ0) is 9.19. The second kappa shape index (κ2) is 4.57. The molecule has 0 fully saturated rings. The molecule has 0 aliphatic rings. The van der Waals surface area contributed by atoms with E-state index in [0.717, 1.165) is 5.56 Å². The Morgan fingerprint density at radius 1 is 1.31 bits per heavy atom. The van der Waals surface area contributed by atoms with Crippen LogP contribution in [-0.4, -0.2) is 8.42 Å². The van der Waals surface area contributed by atoms with Crippen molar-refractivity contribution >= 4 is 22.4 Å². The molecular formula is C7H11ClN2O2S. The lowest BCUT2D eigenvalue weighted by molar-refractivity contribution is 0.597. The molecule has 0 saturated heterocycles. The minimum Gasteiger partial charge on any atom is -0.326 e. The van der Waals surface area contributed by atoms with Crippen molar-refractivity contribution in [3.05, 3.63) is 29.8 Å². The molecule has 0 heterocycles. The van der Waals surface area contributed by atoms with Gasteiger partial charge in [0.2, 0.25) is 10.0 Å². The first-order chi connectivity index (χ1) is 5.54. The Morgan fingerprint density at radius 3 is 2.38 bits per heavy atom. The zero-order valence-corrected chi connectivity index (χ0v) is 8.44. The third-order valence-electron chi connectivity index (χ3n) is 1.46. The highest BCUT2D eigenvalue weighted by molar-refractivity contribution is 7.89. The van der Waals surface area contributed by atoms with Gasteiger partial charge in [-0.1, -0.05) is 12.1 Å². The molecule has 0 unspecified atom stereocenters. The molecule has 0 spiro atoms. The lowest BCUT2D eigenvalue weighted by Gasteiger charge is -1.99. The molecule has 74 valence electrons. The first-order valence-corrected chi connectivity index (χ1v) is 4.90. The lowest BCUT2D eigenvalue weighted by atomic mass is 10.2. The molecule has 0 aliphatic carbocycles. The van der Waals surface area contributed by atoms with Crippen molar-refractivity contribution in [2.24, 2.45) is 10.9 Å². The van der Waals surface area contributed by atoms with Crippen LogP contribution in [0.1, 0.15) is 5.56 Å². The summed E-state index contributed by atoms with van der Waals surface area (Å²) < 4.78 is 21.7. The van der Waals surface area contributed by atoms with Gasteiger partial charge in [0.25, 0.3) is 0 Å². The first kappa shape index (κ1) is 12.4. The predicted octanol–water partition coefficient (Wildman–Crippen LogP) is 0.215. The summed E-state index contributed by atoms with van der Waals surface area (Å²) in [6.07, 6.45) is 0. The summed E-state index contributed by atoms with van der Waals surface area (Å²) in [6, 6.07) is 6.26. The van der Waals surface area contributed by atoms with Gasteiger partial charge in [-0.3, -0.25) is 0 Å². The number of primary sulfonamides is 1. The number of halogens is 1. The molecule has 4 nitrogen and oxygen atoms in total. The van der Waals surface area contributed by atoms with Gasteiger partial charge < -0.3 is 5.73 Å². The van der Waals surface area contributed by atoms with Crippen LogP contribution in [0.15, 0.2) is 29.2 Å². The van der Waals surface area contributed by atoms with Crippen LogP contribution in [0, 0.1) is 0 Å². The van der Waals surface area contributed by atoms with Crippen LogP contribution >= 0.6 is 12.4 Å². The van der Waals surface area contributed by atoms with E-state index in [-0.39, 0.29) is 17.3 Å². The normalized spacial score (nSPS) is 10.6. The number of hydrogen-bond acceptors (Lipinski definition) is 3. The van der Waals surface area contributed by atoms with Gasteiger partial charge in [-0.25, -0.2) is 13.6 Å². The topological polar surface area (TPSA) is 86.2 Å². The average Bonchev–Trinajstić information content (AvgIpc) is 2.03. The molecule has 1 aromatic rings. The molecule has 6 heteroatoms. The van der Waals surface area contributed by atoms with Gasteiger partial charge in [0.05, 0.1) is 4.90 Å². The van der Waals surface area contributed by atoms with E-state index >= 15 is 0 Å². The van der Waals surface area contributed by atoms with E-state index in [1.54, 1.807) is 12.1 Å². The number of benzene rings is 1. The summed E-state index contributed by atoms with van der Waals surface area (Å²) >= 11 is 0. The summed E-state index contributed by atoms with van der Waals surface area (Å²) in [7, 11) is -3.59. The molecule has 0 aliphatic heterocycles. The number of rotatable bonds is 2. The molecule has 0 aromatic heterocycles. The standard InChI is InChI=1S/C7H10N2O2S.ClH/c8-5-6-2-1-3-7(4-6)12(9,10)11;/h1-4H,5,8H2,(H2,9,10,11);1H. The van der Waals surface area contributed by atoms with Gasteiger partial charge in [-0.2, -0.15) is 0 Å². The van der Waals surface area contributed by atoms with Crippen molar-refractivity contribution in [1.29, 1.82) is 0 Å². The number of hydrogen-bond donors (Lipinski definition) is 2. The predicted molar refractivity (Wildman–Crippen MR) is 53.0 cm³/mol. The summed E-state index contributed by atoms with van der Waals surface area (Å²) in [4.78, 5) is 0.102. The van der Waals surface area contributed by atoms with Crippen LogP contribution in [0.25, 0.3) is 0 Å². The smallest absolute Gasteiger partial charge is 0.238 e. The van der Waals surface area contributed by atoms with Gasteiger partial charge in [0, 0.05) is 6.54 Å². The molecule has 13 heavy (non-hydrogen) atoms. The van der Waals surface area contributed by atoms with E-state index in [1.807, 2.05) is 0 Å². The van der Waals surface area contributed by atoms with Gasteiger partial charge in [0.1, 0.15) is 0 Å². The Morgan fingerprint density at radius 2 is 1.92 bits per heavy atom. The zero-order valence-electron chi connectivity index (χ0n) is 6.80. The molecule has 0 bridgehead atoms. The van der Waals surface area contributed by atoms with Crippen LogP contribution < -0.4 is 10.9 Å². The Balaban J connectivity index is 0.00000144. The molecule has 0 radical (unpaired) electrons. The van der Waals surface area contributed by atoms with Crippen LogP contribution in [-0.2, 0) is 16.6 Å². The van der Waals surface area contributed by atoms with Crippen molar-refractivity contribution in [3.8, 4) is 0 Å². The fourth-order valence-electron chi connectivity index (χ4n) is 0.849. The second-order valence-electron chi connectivity index (χ2n) is 2.40. The fraction of sp³-hybridized carbons (Fsp3) is 0.143. The summed E-state index contributed by atoms with van der Waals surface area (Å²) in [5.41, 5.74) is 6.08.